The molecule has 2 aromatic carbocycles. The number of quaternary nitrogens is 1. The van der Waals surface area contributed by atoms with Crippen LogP contribution in [0.15, 0.2) is 48.5 Å². The van der Waals surface area contributed by atoms with Gasteiger partial charge in [0.15, 0.2) is 0 Å². The fourth-order valence-electron chi connectivity index (χ4n) is 3.24. The molecule has 0 spiro atoms. The number of benzene rings is 2. The van der Waals surface area contributed by atoms with Gasteiger partial charge in [0.1, 0.15) is 9.53 Å². The molecule has 0 saturated heterocycles. The van der Waals surface area contributed by atoms with Crippen molar-refractivity contribution < 1.29 is 4.48 Å². The van der Waals surface area contributed by atoms with Crippen LogP contribution in [0.3, 0.4) is 0 Å². The van der Waals surface area contributed by atoms with Crippen LogP contribution in [0.5, 0.6) is 0 Å². The van der Waals surface area contributed by atoms with Gasteiger partial charge in [0.2, 0.25) is 0 Å². The normalized spacial score (nSPS) is 12.3. The summed E-state index contributed by atoms with van der Waals surface area (Å²) in [5, 5.41) is 5.95. The average molecular weight is 460 g/mol. The van der Waals surface area contributed by atoms with Crippen LogP contribution in [0, 0.1) is 3.70 Å². The third-order valence-electron chi connectivity index (χ3n) is 4.63. The number of halogens is 1. The molecule has 134 valence electrons. The van der Waals surface area contributed by atoms with E-state index in [1.54, 1.807) is 0 Å². The van der Waals surface area contributed by atoms with E-state index in [1.165, 1.54) is 10.9 Å². The highest BCUT2D eigenvalue weighted by Gasteiger charge is 2.16. The quantitative estimate of drug-likeness (QED) is 0.336. The highest BCUT2D eigenvalue weighted by atomic mass is 127. The molecule has 2 heterocycles. The lowest BCUT2D eigenvalue weighted by Gasteiger charge is -2.24. The summed E-state index contributed by atoms with van der Waals surface area (Å²) in [6, 6.07) is 16.8. The lowest BCUT2D eigenvalue weighted by atomic mass is 10.2. The zero-order valence-corrected chi connectivity index (χ0v) is 17.5. The molecule has 0 bridgehead atoms. The number of para-hydroxylation sites is 3. The molecule has 2 aromatic heterocycles. The molecule has 0 N–H and O–H groups in total. The van der Waals surface area contributed by atoms with E-state index in [0.717, 1.165) is 38.1 Å². The summed E-state index contributed by atoms with van der Waals surface area (Å²) in [6.45, 7) is 2.66. The van der Waals surface area contributed by atoms with Crippen molar-refractivity contribution in [3.05, 3.63) is 58.1 Å². The molecular weight excluding hydrogens is 437 g/mol. The molecule has 0 aliphatic carbocycles. The number of nitrogens with zero attached hydrogens (tertiary/aromatic N) is 5. The Hall–Kier alpha value is -1.93. The summed E-state index contributed by atoms with van der Waals surface area (Å²) in [5.41, 5.74) is 3.40. The molecular formula is C20H23IN5+. The molecule has 0 aliphatic rings. The Morgan fingerprint density at radius 3 is 2.42 bits per heavy atom. The molecule has 0 atom stereocenters. The van der Waals surface area contributed by atoms with E-state index >= 15 is 0 Å². The van der Waals surface area contributed by atoms with Crippen LogP contribution >= 0.6 is 22.6 Å². The number of imidazole rings is 1. The average Bonchev–Trinajstić information content (AvgIpc) is 3.11. The molecule has 0 radical (unpaired) electrons. The summed E-state index contributed by atoms with van der Waals surface area (Å²) in [4.78, 5) is 4.92. The van der Waals surface area contributed by atoms with Gasteiger partial charge in [0, 0.05) is 5.39 Å². The number of likely N-dealkylation sites (N-methyl/N-ethyl adjacent to an activating group) is 1. The second-order valence-electron chi connectivity index (χ2n) is 7.65. The van der Waals surface area contributed by atoms with E-state index in [-0.39, 0.29) is 0 Å². The maximum absolute atomic E-state index is 4.92. The van der Waals surface area contributed by atoms with Gasteiger partial charge in [0.25, 0.3) is 0 Å². The second-order valence-corrected chi connectivity index (χ2v) is 8.67. The van der Waals surface area contributed by atoms with Crippen LogP contribution in [0.2, 0.25) is 0 Å². The summed E-state index contributed by atoms with van der Waals surface area (Å²) in [7, 11) is 6.67. The number of hydrogen-bond acceptors (Lipinski definition) is 2. The molecule has 0 unspecified atom stereocenters. The van der Waals surface area contributed by atoms with Crippen LogP contribution in [-0.4, -0.2) is 51.5 Å². The lowest BCUT2D eigenvalue weighted by Crippen LogP contribution is -2.37. The van der Waals surface area contributed by atoms with Crippen LogP contribution in [0.1, 0.15) is 5.82 Å². The summed E-state index contributed by atoms with van der Waals surface area (Å²) in [6.07, 6.45) is 0. The fourth-order valence-corrected chi connectivity index (χ4v) is 3.95. The van der Waals surface area contributed by atoms with Crippen molar-refractivity contribution >= 4 is 44.5 Å². The molecule has 0 aliphatic heterocycles. The molecule has 0 amide bonds. The van der Waals surface area contributed by atoms with Crippen molar-refractivity contribution in [2.75, 3.05) is 27.7 Å². The van der Waals surface area contributed by atoms with Crippen LogP contribution in [0.4, 0.5) is 0 Å². The van der Waals surface area contributed by atoms with Gasteiger partial charge in [-0.25, -0.2) is 4.98 Å². The van der Waals surface area contributed by atoms with Crippen molar-refractivity contribution in [2.45, 2.75) is 13.1 Å². The van der Waals surface area contributed by atoms with Crippen molar-refractivity contribution in [3.8, 4) is 0 Å². The van der Waals surface area contributed by atoms with Gasteiger partial charge in [-0.15, -0.1) is 0 Å². The van der Waals surface area contributed by atoms with E-state index in [9.17, 15) is 0 Å². The standard InChI is InChI=1S/C20H23IN5/c1-26(2,3)13-12-24-18-11-7-5-9-16(18)22-19(24)14-25-17-10-6-4-8-15(17)20(21)23-25/h4-11H,12-14H2,1-3H3/q+1. The zero-order valence-electron chi connectivity index (χ0n) is 15.4. The van der Waals surface area contributed by atoms with Crippen LogP contribution in [-0.2, 0) is 13.1 Å². The Labute approximate surface area is 167 Å². The van der Waals surface area contributed by atoms with E-state index in [2.05, 4.69) is 102 Å². The smallest absolute Gasteiger partial charge is 0.131 e. The minimum atomic E-state index is 0.676. The van der Waals surface area contributed by atoms with Crippen molar-refractivity contribution in [3.63, 3.8) is 0 Å². The maximum atomic E-state index is 4.92. The first-order valence-electron chi connectivity index (χ1n) is 8.78. The first-order valence-corrected chi connectivity index (χ1v) is 9.86. The summed E-state index contributed by atoms with van der Waals surface area (Å²) >= 11 is 2.31. The van der Waals surface area contributed by atoms with Gasteiger partial charge < -0.3 is 9.05 Å². The van der Waals surface area contributed by atoms with Crippen molar-refractivity contribution in [1.82, 2.24) is 19.3 Å². The monoisotopic (exact) mass is 460 g/mol. The fraction of sp³-hybridized carbons (Fsp3) is 0.300. The molecule has 4 aromatic rings. The predicted molar refractivity (Wildman–Crippen MR) is 114 cm³/mol. The zero-order chi connectivity index (χ0) is 18.3. The van der Waals surface area contributed by atoms with Crippen molar-refractivity contribution in [1.29, 1.82) is 0 Å². The third-order valence-corrected chi connectivity index (χ3v) is 5.43. The molecule has 0 saturated carbocycles. The first-order chi connectivity index (χ1) is 12.4. The number of aromatic nitrogens is 4. The Balaban J connectivity index is 1.78. The van der Waals surface area contributed by atoms with Crippen LogP contribution in [0.25, 0.3) is 21.9 Å². The van der Waals surface area contributed by atoms with Gasteiger partial charge in [-0.05, 0) is 40.8 Å². The van der Waals surface area contributed by atoms with Gasteiger partial charge in [-0.1, -0.05) is 30.3 Å². The molecule has 6 heteroatoms. The summed E-state index contributed by atoms with van der Waals surface area (Å²) in [5.74, 6) is 1.06. The van der Waals surface area contributed by atoms with Crippen LogP contribution < -0.4 is 0 Å². The Kier molecular flexibility index (Phi) is 4.48. The Morgan fingerprint density at radius 2 is 1.65 bits per heavy atom. The minimum Gasteiger partial charge on any atom is -0.329 e. The second kappa shape index (κ2) is 6.66. The molecule has 5 nitrogen and oxygen atoms in total. The topological polar surface area (TPSA) is 35.6 Å². The minimum absolute atomic E-state index is 0.676. The van der Waals surface area contributed by atoms with Crippen molar-refractivity contribution in [2.24, 2.45) is 0 Å². The van der Waals surface area contributed by atoms with E-state index in [1.807, 2.05) is 0 Å². The number of hydrogen-bond donors (Lipinski definition) is 0. The lowest BCUT2D eigenvalue weighted by molar-refractivity contribution is -0.870. The van der Waals surface area contributed by atoms with Gasteiger partial charge in [-0.3, -0.25) is 4.68 Å². The highest BCUT2D eigenvalue weighted by Crippen LogP contribution is 2.22. The molecule has 4 rings (SSSR count). The first kappa shape index (κ1) is 17.5. The number of fused-ring (bicyclic) bond motifs is 2. The molecule has 0 fully saturated rings. The Bertz CT molecular complexity index is 1070. The molecule has 26 heavy (non-hydrogen) atoms. The van der Waals surface area contributed by atoms with Gasteiger partial charge >= 0.3 is 0 Å². The SMILES string of the molecule is C[N+](C)(C)CCn1c(Cn2nc(I)c3ccccc32)nc2ccccc21. The van der Waals surface area contributed by atoms with E-state index < -0.39 is 0 Å². The third kappa shape index (κ3) is 3.35. The van der Waals surface area contributed by atoms with Gasteiger partial charge in [-0.2, -0.15) is 5.10 Å². The number of rotatable bonds is 5. The predicted octanol–water partition coefficient (Wildman–Crippen LogP) is 3.75. The van der Waals surface area contributed by atoms with E-state index in [4.69, 9.17) is 10.1 Å². The Morgan fingerprint density at radius 1 is 0.962 bits per heavy atom. The summed E-state index contributed by atoms with van der Waals surface area (Å²) < 4.78 is 6.38. The highest BCUT2D eigenvalue weighted by molar-refractivity contribution is 14.1. The van der Waals surface area contributed by atoms with Gasteiger partial charge in [0.05, 0.1) is 57.3 Å². The maximum Gasteiger partial charge on any atom is 0.131 e. The largest absolute Gasteiger partial charge is 0.329 e. The van der Waals surface area contributed by atoms with E-state index in [0.29, 0.717) is 6.54 Å².